The van der Waals surface area contributed by atoms with Crippen LogP contribution in [0.1, 0.15) is 40.1 Å². The van der Waals surface area contributed by atoms with Crippen LogP contribution in [-0.4, -0.2) is 42.9 Å². The Morgan fingerprint density at radius 3 is 2.17 bits per heavy atom. The predicted octanol–water partition coefficient (Wildman–Crippen LogP) is 3.31. The SMILES string of the molecule is CCN(CC)CCNC(=O)c1cccc(NC(=O)c2ccc(CN)cc2)c1.Cl.Cl. The Hall–Kier alpha value is -2.12. The van der Waals surface area contributed by atoms with Gasteiger partial charge in [-0.3, -0.25) is 9.59 Å². The number of benzene rings is 2. The smallest absolute Gasteiger partial charge is 0.255 e. The van der Waals surface area contributed by atoms with Crippen molar-refractivity contribution in [3.8, 4) is 0 Å². The number of anilines is 1. The second-order valence-corrected chi connectivity index (χ2v) is 6.22. The van der Waals surface area contributed by atoms with Gasteiger partial charge in [0.15, 0.2) is 0 Å². The monoisotopic (exact) mass is 440 g/mol. The highest BCUT2D eigenvalue weighted by molar-refractivity contribution is 6.05. The molecular weight excluding hydrogens is 411 g/mol. The molecule has 2 aromatic carbocycles. The lowest BCUT2D eigenvalue weighted by Crippen LogP contribution is -2.34. The predicted molar refractivity (Wildman–Crippen MR) is 123 cm³/mol. The first kappa shape index (κ1) is 26.9. The van der Waals surface area contributed by atoms with Gasteiger partial charge >= 0.3 is 0 Å². The maximum Gasteiger partial charge on any atom is 0.255 e. The standard InChI is InChI=1S/C21H28N4O2.2ClH/c1-3-25(4-2)13-12-23-20(26)18-6-5-7-19(14-18)24-21(27)17-10-8-16(15-22)9-11-17;;/h5-11,14H,3-4,12-13,15,22H2,1-2H3,(H,23,26)(H,24,27);2*1H. The van der Waals surface area contributed by atoms with Gasteiger partial charge in [0.2, 0.25) is 0 Å². The number of nitrogens with one attached hydrogen (secondary N) is 2. The molecule has 0 aliphatic rings. The lowest BCUT2D eigenvalue weighted by molar-refractivity contribution is 0.0947. The highest BCUT2D eigenvalue weighted by Gasteiger charge is 2.10. The summed E-state index contributed by atoms with van der Waals surface area (Å²) >= 11 is 0. The molecule has 160 valence electrons. The van der Waals surface area contributed by atoms with E-state index in [2.05, 4.69) is 29.4 Å². The maximum atomic E-state index is 12.4. The first-order valence-electron chi connectivity index (χ1n) is 9.28. The van der Waals surface area contributed by atoms with Gasteiger partial charge in [-0.05, 0) is 49.0 Å². The summed E-state index contributed by atoms with van der Waals surface area (Å²) in [6, 6.07) is 14.1. The normalized spacial score (nSPS) is 9.93. The van der Waals surface area contributed by atoms with Crippen LogP contribution in [0.2, 0.25) is 0 Å². The fourth-order valence-corrected chi connectivity index (χ4v) is 2.70. The summed E-state index contributed by atoms with van der Waals surface area (Å²) in [4.78, 5) is 26.9. The van der Waals surface area contributed by atoms with E-state index >= 15 is 0 Å². The van der Waals surface area contributed by atoms with Gasteiger partial charge in [0.05, 0.1) is 0 Å². The molecule has 0 heterocycles. The van der Waals surface area contributed by atoms with Gasteiger partial charge in [-0.15, -0.1) is 24.8 Å². The molecule has 8 heteroatoms. The summed E-state index contributed by atoms with van der Waals surface area (Å²) in [5.41, 5.74) is 8.18. The van der Waals surface area contributed by atoms with Crippen molar-refractivity contribution >= 4 is 42.3 Å². The minimum Gasteiger partial charge on any atom is -0.351 e. The van der Waals surface area contributed by atoms with E-state index in [1.807, 2.05) is 12.1 Å². The van der Waals surface area contributed by atoms with E-state index in [9.17, 15) is 9.59 Å². The average Bonchev–Trinajstić information content (AvgIpc) is 2.71. The number of halogens is 2. The van der Waals surface area contributed by atoms with E-state index in [0.29, 0.717) is 29.9 Å². The Balaban J connectivity index is 0.00000392. The lowest BCUT2D eigenvalue weighted by Gasteiger charge is -2.18. The summed E-state index contributed by atoms with van der Waals surface area (Å²) in [6.45, 7) is 7.95. The zero-order valence-electron chi connectivity index (χ0n) is 16.8. The topological polar surface area (TPSA) is 87.5 Å². The highest BCUT2D eigenvalue weighted by Crippen LogP contribution is 2.13. The van der Waals surface area contributed by atoms with E-state index < -0.39 is 0 Å². The van der Waals surface area contributed by atoms with Gasteiger partial charge in [-0.1, -0.05) is 32.0 Å². The number of nitrogens with zero attached hydrogens (tertiary/aromatic N) is 1. The van der Waals surface area contributed by atoms with Gasteiger partial charge in [-0.2, -0.15) is 0 Å². The Morgan fingerprint density at radius 1 is 0.931 bits per heavy atom. The zero-order valence-corrected chi connectivity index (χ0v) is 18.4. The molecule has 0 aliphatic heterocycles. The molecule has 0 radical (unpaired) electrons. The average molecular weight is 441 g/mol. The van der Waals surface area contributed by atoms with Crippen molar-refractivity contribution < 1.29 is 9.59 Å². The number of likely N-dealkylation sites (N-methyl/N-ethyl adjacent to an activating group) is 1. The molecular formula is C21H30Cl2N4O2. The van der Waals surface area contributed by atoms with Crippen molar-refractivity contribution in [2.24, 2.45) is 5.73 Å². The molecule has 29 heavy (non-hydrogen) atoms. The summed E-state index contributed by atoms with van der Waals surface area (Å²) in [7, 11) is 0. The van der Waals surface area contributed by atoms with Crippen molar-refractivity contribution in [1.82, 2.24) is 10.2 Å². The summed E-state index contributed by atoms with van der Waals surface area (Å²) < 4.78 is 0. The van der Waals surface area contributed by atoms with Crippen LogP contribution in [0.4, 0.5) is 5.69 Å². The van der Waals surface area contributed by atoms with E-state index in [1.165, 1.54) is 0 Å². The molecule has 2 amide bonds. The second-order valence-electron chi connectivity index (χ2n) is 6.22. The first-order valence-corrected chi connectivity index (χ1v) is 9.28. The number of hydrogen-bond acceptors (Lipinski definition) is 4. The summed E-state index contributed by atoms with van der Waals surface area (Å²) in [6.07, 6.45) is 0. The van der Waals surface area contributed by atoms with Gasteiger partial charge in [0.1, 0.15) is 0 Å². The molecule has 4 N–H and O–H groups in total. The quantitative estimate of drug-likeness (QED) is 0.557. The van der Waals surface area contributed by atoms with E-state index in [4.69, 9.17) is 5.73 Å². The summed E-state index contributed by atoms with van der Waals surface area (Å²) in [5.74, 6) is -0.372. The minimum absolute atomic E-state index is 0. The number of nitrogens with two attached hydrogens (primary N) is 1. The molecule has 0 spiro atoms. The Labute approximate surface area is 185 Å². The molecule has 0 unspecified atom stereocenters. The molecule has 0 saturated heterocycles. The maximum absolute atomic E-state index is 12.4. The number of rotatable bonds is 9. The van der Waals surface area contributed by atoms with Crippen molar-refractivity contribution in [3.05, 3.63) is 65.2 Å². The van der Waals surface area contributed by atoms with Crippen LogP contribution >= 0.6 is 24.8 Å². The Morgan fingerprint density at radius 2 is 1.59 bits per heavy atom. The molecule has 0 atom stereocenters. The fraction of sp³-hybridized carbons (Fsp3) is 0.333. The molecule has 0 fully saturated rings. The van der Waals surface area contributed by atoms with Crippen LogP contribution in [0.5, 0.6) is 0 Å². The van der Waals surface area contributed by atoms with Crippen LogP contribution in [0.15, 0.2) is 48.5 Å². The van der Waals surface area contributed by atoms with Crippen LogP contribution in [0, 0.1) is 0 Å². The molecule has 2 rings (SSSR count). The number of carbonyl (C=O) groups excluding carboxylic acids is 2. The molecule has 0 aromatic heterocycles. The molecule has 2 aromatic rings. The van der Waals surface area contributed by atoms with Crippen molar-refractivity contribution in [1.29, 1.82) is 0 Å². The zero-order chi connectivity index (χ0) is 19.6. The van der Waals surface area contributed by atoms with E-state index in [-0.39, 0.29) is 36.6 Å². The van der Waals surface area contributed by atoms with Crippen LogP contribution in [-0.2, 0) is 6.54 Å². The van der Waals surface area contributed by atoms with Crippen molar-refractivity contribution in [2.45, 2.75) is 20.4 Å². The third kappa shape index (κ3) is 8.41. The lowest BCUT2D eigenvalue weighted by atomic mass is 10.1. The second kappa shape index (κ2) is 14.0. The fourth-order valence-electron chi connectivity index (χ4n) is 2.70. The van der Waals surface area contributed by atoms with Crippen molar-refractivity contribution in [2.75, 3.05) is 31.5 Å². The third-order valence-electron chi connectivity index (χ3n) is 4.44. The Bertz CT molecular complexity index is 766. The van der Waals surface area contributed by atoms with E-state index in [1.54, 1.807) is 36.4 Å². The molecule has 0 aliphatic carbocycles. The number of hydrogen-bond donors (Lipinski definition) is 3. The Kier molecular flexibility index (Phi) is 12.9. The molecule has 0 bridgehead atoms. The van der Waals surface area contributed by atoms with E-state index in [0.717, 1.165) is 25.2 Å². The molecule has 6 nitrogen and oxygen atoms in total. The van der Waals surface area contributed by atoms with Crippen molar-refractivity contribution in [3.63, 3.8) is 0 Å². The first-order chi connectivity index (χ1) is 13.1. The number of amides is 2. The highest BCUT2D eigenvalue weighted by atomic mass is 35.5. The minimum atomic E-state index is -0.224. The van der Waals surface area contributed by atoms with Gasteiger partial charge < -0.3 is 21.3 Å². The van der Waals surface area contributed by atoms with Crippen LogP contribution in [0.25, 0.3) is 0 Å². The van der Waals surface area contributed by atoms with Gasteiger partial charge in [0.25, 0.3) is 11.8 Å². The van der Waals surface area contributed by atoms with Crippen LogP contribution in [0.3, 0.4) is 0 Å². The molecule has 0 saturated carbocycles. The van der Waals surface area contributed by atoms with Gasteiger partial charge in [-0.25, -0.2) is 0 Å². The van der Waals surface area contributed by atoms with Crippen LogP contribution < -0.4 is 16.4 Å². The number of carbonyl (C=O) groups is 2. The largest absolute Gasteiger partial charge is 0.351 e. The van der Waals surface area contributed by atoms with Gasteiger partial charge in [0, 0.05) is 36.4 Å². The third-order valence-corrected chi connectivity index (χ3v) is 4.44. The summed E-state index contributed by atoms with van der Waals surface area (Å²) in [5, 5.41) is 5.74.